The molecule has 0 radical (unpaired) electrons. The highest BCUT2D eigenvalue weighted by atomic mass is 19.2. The molecule has 42 heavy (non-hydrogen) atoms. The smallest absolute Gasteiger partial charge is 0.349 e. The van der Waals surface area contributed by atoms with Gasteiger partial charge in [0.1, 0.15) is 22.6 Å². The Balaban J connectivity index is 1.46. The molecule has 14 heteroatoms. The number of benzene rings is 5. The van der Waals surface area contributed by atoms with Crippen molar-refractivity contribution < 1.29 is 63.0 Å². The van der Waals surface area contributed by atoms with E-state index >= 15 is 0 Å². The summed E-state index contributed by atoms with van der Waals surface area (Å²) in [6, 6.07) is 10.4. The quantitative estimate of drug-likeness (QED) is 0.0529. The second-order valence-electron chi connectivity index (χ2n) is 8.54. The number of carbonyl (C=O) groups excluding carboxylic acids is 2. The van der Waals surface area contributed by atoms with Crippen LogP contribution < -0.4 is 9.47 Å². The van der Waals surface area contributed by atoms with E-state index in [0.29, 0.717) is 10.8 Å². The number of ether oxygens (including phenoxy) is 2. The van der Waals surface area contributed by atoms with E-state index in [-0.39, 0.29) is 22.3 Å². The third-order valence-corrected chi connectivity index (χ3v) is 5.99. The SMILES string of the molecule is O=C(Oc1ccc2cc3ccc(OC(=O)c4c(F)c(F)c(F)c(F)c4F)cc3cc2c1)c1c(F)c(F)c(F)c(F)c1F. The van der Waals surface area contributed by atoms with Crippen LogP contribution in [0.5, 0.6) is 11.5 Å². The molecule has 214 valence electrons. The van der Waals surface area contributed by atoms with Crippen LogP contribution in [0.25, 0.3) is 21.5 Å². The lowest BCUT2D eigenvalue weighted by molar-refractivity contribution is 0.0711. The Morgan fingerprint density at radius 3 is 1.00 bits per heavy atom. The highest BCUT2D eigenvalue weighted by Gasteiger charge is 2.32. The molecule has 0 aliphatic rings. The van der Waals surface area contributed by atoms with Gasteiger partial charge >= 0.3 is 11.9 Å². The minimum Gasteiger partial charge on any atom is -0.423 e. The van der Waals surface area contributed by atoms with Gasteiger partial charge in [-0.1, -0.05) is 12.1 Å². The lowest BCUT2D eigenvalue weighted by Gasteiger charge is -2.11. The molecular formula is C28H8F10O4. The van der Waals surface area contributed by atoms with E-state index < -0.39 is 81.2 Å². The van der Waals surface area contributed by atoms with Crippen LogP contribution in [0.15, 0.2) is 48.5 Å². The normalized spacial score (nSPS) is 11.3. The van der Waals surface area contributed by atoms with E-state index in [1.54, 1.807) is 6.07 Å². The van der Waals surface area contributed by atoms with Gasteiger partial charge in [0, 0.05) is 0 Å². The van der Waals surface area contributed by atoms with Crippen LogP contribution in [0.4, 0.5) is 43.9 Å². The van der Waals surface area contributed by atoms with Gasteiger partial charge in [-0.2, -0.15) is 0 Å². The van der Waals surface area contributed by atoms with Gasteiger partial charge in [0.15, 0.2) is 46.5 Å². The number of hydrogen-bond donors (Lipinski definition) is 0. The van der Waals surface area contributed by atoms with E-state index in [1.807, 2.05) is 0 Å². The fraction of sp³-hybridized carbons (Fsp3) is 0. The maximum absolute atomic E-state index is 14.0. The van der Waals surface area contributed by atoms with E-state index in [9.17, 15) is 53.5 Å². The molecular weight excluding hydrogens is 590 g/mol. The van der Waals surface area contributed by atoms with Crippen molar-refractivity contribution in [2.24, 2.45) is 0 Å². The Labute approximate surface area is 226 Å². The third-order valence-electron chi connectivity index (χ3n) is 5.99. The first-order valence-electron chi connectivity index (χ1n) is 11.2. The molecule has 5 rings (SSSR count). The molecule has 0 fully saturated rings. The molecule has 0 saturated carbocycles. The Bertz CT molecular complexity index is 1790. The number of hydrogen-bond acceptors (Lipinski definition) is 4. The van der Waals surface area contributed by atoms with Crippen molar-refractivity contribution in [3.8, 4) is 11.5 Å². The Morgan fingerprint density at radius 1 is 0.381 bits per heavy atom. The molecule has 0 aliphatic heterocycles. The highest BCUT2D eigenvalue weighted by molar-refractivity contribution is 6.00. The summed E-state index contributed by atoms with van der Waals surface area (Å²) in [6.07, 6.45) is 0. The van der Waals surface area contributed by atoms with Gasteiger partial charge in [0.25, 0.3) is 0 Å². The Kier molecular flexibility index (Phi) is 7.00. The summed E-state index contributed by atoms with van der Waals surface area (Å²) in [4.78, 5) is 24.5. The molecule has 0 amide bonds. The topological polar surface area (TPSA) is 52.6 Å². The van der Waals surface area contributed by atoms with Crippen LogP contribution in [0.1, 0.15) is 20.7 Å². The number of fused-ring (bicyclic) bond motifs is 2. The Hall–Kier alpha value is -5.14. The van der Waals surface area contributed by atoms with Crippen molar-refractivity contribution in [2.75, 3.05) is 0 Å². The molecule has 0 unspecified atom stereocenters. The standard InChI is InChI=1S/C28H8F10O4/c29-17-15(18(30)22(34)25(37)21(17)33)27(39)41-13-3-1-9-5-10-2-4-14(8-12(10)6-11(9)7-13)42-28(40)16-19(31)23(35)26(38)24(36)20(16)32/h1-8H. The first-order valence-corrected chi connectivity index (χ1v) is 11.2. The average Bonchev–Trinajstić information content (AvgIpc) is 2.96. The predicted molar refractivity (Wildman–Crippen MR) is 124 cm³/mol. The zero-order chi connectivity index (χ0) is 30.6. The molecule has 0 atom stereocenters. The number of rotatable bonds is 4. The number of halogens is 10. The van der Waals surface area contributed by atoms with Gasteiger partial charge in [-0.3, -0.25) is 0 Å². The van der Waals surface area contributed by atoms with E-state index in [2.05, 4.69) is 0 Å². The first kappa shape index (κ1) is 28.4. The largest absolute Gasteiger partial charge is 0.423 e. The van der Waals surface area contributed by atoms with Crippen molar-refractivity contribution in [3.63, 3.8) is 0 Å². The van der Waals surface area contributed by atoms with Crippen molar-refractivity contribution in [2.45, 2.75) is 0 Å². The summed E-state index contributed by atoms with van der Waals surface area (Å²) in [6.45, 7) is 0. The van der Waals surface area contributed by atoms with Gasteiger partial charge < -0.3 is 9.47 Å². The van der Waals surface area contributed by atoms with Gasteiger partial charge in [-0.05, 0) is 57.9 Å². The van der Waals surface area contributed by atoms with Crippen molar-refractivity contribution in [3.05, 3.63) is 118 Å². The Morgan fingerprint density at radius 2 is 0.667 bits per heavy atom. The predicted octanol–water partition coefficient (Wildman–Crippen LogP) is 7.82. The molecule has 0 saturated heterocycles. The van der Waals surface area contributed by atoms with Gasteiger partial charge in [0.2, 0.25) is 11.6 Å². The minimum absolute atomic E-state index is 0.272. The summed E-state index contributed by atoms with van der Waals surface area (Å²) in [5, 5.41) is 1.52. The molecule has 0 aromatic heterocycles. The zero-order valence-corrected chi connectivity index (χ0v) is 20.0. The van der Waals surface area contributed by atoms with Crippen molar-refractivity contribution in [1.82, 2.24) is 0 Å². The third kappa shape index (κ3) is 4.63. The first-order chi connectivity index (χ1) is 19.8. The molecule has 0 N–H and O–H groups in total. The molecule has 5 aromatic rings. The fourth-order valence-electron chi connectivity index (χ4n) is 3.96. The molecule has 4 nitrogen and oxygen atoms in total. The van der Waals surface area contributed by atoms with Gasteiger partial charge in [-0.15, -0.1) is 0 Å². The summed E-state index contributed by atoms with van der Waals surface area (Å²) in [7, 11) is 0. The summed E-state index contributed by atoms with van der Waals surface area (Å²) in [5.74, 6) is -28.4. The van der Waals surface area contributed by atoms with E-state index in [1.165, 1.54) is 18.2 Å². The minimum atomic E-state index is -2.46. The highest BCUT2D eigenvalue weighted by Crippen LogP contribution is 2.31. The van der Waals surface area contributed by atoms with Crippen molar-refractivity contribution in [1.29, 1.82) is 0 Å². The van der Waals surface area contributed by atoms with Crippen LogP contribution in [0, 0.1) is 58.2 Å². The second kappa shape index (κ2) is 10.4. The molecule has 0 heterocycles. The number of esters is 2. The van der Waals surface area contributed by atoms with Crippen LogP contribution >= 0.6 is 0 Å². The lowest BCUT2D eigenvalue weighted by Crippen LogP contribution is -2.17. The molecule has 0 aliphatic carbocycles. The second-order valence-corrected chi connectivity index (χ2v) is 8.54. The molecule has 0 bridgehead atoms. The lowest BCUT2D eigenvalue weighted by atomic mass is 10.0. The van der Waals surface area contributed by atoms with Gasteiger partial charge in [-0.25, -0.2) is 53.5 Å². The summed E-state index contributed by atoms with van der Waals surface area (Å²) < 4.78 is 146. The monoisotopic (exact) mass is 598 g/mol. The number of carbonyl (C=O) groups is 2. The van der Waals surface area contributed by atoms with E-state index in [4.69, 9.17) is 9.47 Å². The maximum Gasteiger partial charge on any atom is 0.349 e. The maximum atomic E-state index is 14.0. The van der Waals surface area contributed by atoms with Crippen LogP contribution in [-0.4, -0.2) is 11.9 Å². The fourth-order valence-corrected chi connectivity index (χ4v) is 3.96. The van der Waals surface area contributed by atoms with Gasteiger partial charge in [0.05, 0.1) is 0 Å². The summed E-state index contributed by atoms with van der Waals surface area (Å²) in [5.41, 5.74) is -3.63. The van der Waals surface area contributed by atoms with Crippen LogP contribution in [0.2, 0.25) is 0 Å². The molecule has 5 aromatic carbocycles. The average molecular weight is 598 g/mol. The zero-order valence-electron chi connectivity index (χ0n) is 20.0. The van der Waals surface area contributed by atoms with Crippen LogP contribution in [-0.2, 0) is 0 Å². The van der Waals surface area contributed by atoms with E-state index in [0.717, 1.165) is 24.3 Å². The molecule has 0 spiro atoms. The summed E-state index contributed by atoms with van der Waals surface area (Å²) >= 11 is 0. The van der Waals surface area contributed by atoms with Crippen LogP contribution in [0.3, 0.4) is 0 Å². The van der Waals surface area contributed by atoms with Crippen molar-refractivity contribution >= 4 is 33.5 Å².